The summed E-state index contributed by atoms with van der Waals surface area (Å²) in [4.78, 5) is 29.8. The molecule has 3 aliphatic rings. The van der Waals surface area contributed by atoms with Crippen LogP contribution in [0.4, 0.5) is 5.69 Å². The molecule has 1 saturated carbocycles. The highest BCUT2D eigenvalue weighted by Gasteiger charge is 2.45. The molecule has 216 valence electrons. The van der Waals surface area contributed by atoms with Crippen molar-refractivity contribution in [3.63, 3.8) is 0 Å². The summed E-state index contributed by atoms with van der Waals surface area (Å²) in [5.41, 5.74) is 3.25. The third-order valence-corrected chi connectivity index (χ3v) is 9.06. The Bertz CT molecular complexity index is 1380. The van der Waals surface area contributed by atoms with E-state index in [0.717, 1.165) is 55.6 Å². The highest BCUT2D eigenvalue weighted by atomic mass is 32.2. The fourth-order valence-corrected chi connectivity index (χ4v) is 6.41. The molecule has 0 atom stereocenters. The van der Waals surface area contributed by atoms with E-state index < -0.39 is 10.1 Å². The molecule has 2 saturated heterocycles. The number of rotatable bonds is 9. The maximum Gasteiger partial charge on any atom is 0.338 e. The number of nitrogens with zero attached hydrogens (tertiary/aromatic N) is 2. The molecule has 2 heterocycles. The van der Waals surface area contributed by atoms with Crippen molar-refractivity contribution >= 4 is 27.7 Å². The standard InChI is InChI=1S/C30H38N2O7S/c1-4-38-27-16-26(29(34)39-20(2)3)25(21-5-6-21)15-22(27)18-31-13-11-30(12-14-31)17-28(33)32(19-30)23-7-9-24(10-8-23)40(35,36)37/h7-10,15-16,20-21H,4-6,11-14,17-19H2,1-3H3,(H,35,36,37). The van der Waals surface area contributed by atoms with Crippen molar-refractivity contribution in [1.29, 1.82) is 0 Å². The van der Waals surface area contributed by atoms with Crippen molar-refractivity contribution in [1.82, 2.24) is 4.90 Å². The zero-order chi connectivity index (χ0) is 28.7. The van der Waals surface area contributed by atoms with Crippen LogP contribution in [0.15, 0.2) is 41.3 Å². The molecule has 1 aliphatic carbocycles. The molecule has 0 radical (unpaired) electrons. The molecule has 2 aliphatic heterocycles. The first-order valence-electron chi connectivity index (χ1n) is 14.1. The fourth-order valence-electron chi connectivity index (χ4n) is 5.93. The lowest BCUT2D eigenvalue weighted by atomic mass is 9.77. The summed E-state index contributed by atoms with van der Waals surface area (Å²) in [7, 11) is -4.28. The van der Waals surface area contributed by atoms with Crippen LogP contribution in [0.1, 0.15) is 80.3 Å². The highest BCUT2D eigenvalue weighted by molar-refractivity contribution is 7.85. The Balaban J connectivity index is 1.28. The van der Waals surface area contributed by atoms with Crippen LogP contribution in [0.5, 0.6) is 5.75 Å². The van der Waals surface area contributed by atoms with Crippen LogP contribution in [0.25, 0.3) is 0 Å². The van der Waals surface area contributed by atoms with Gasteiger partial charge in [-0.15, -0.1) is 0 Å². The third kappa shape index (κ3) is 6.19. The van der Waals surface area contributed by atoms with Gasteiger partial charge >= 0.3 is 5.97 Å². The number of piperidine rings is 1. The van der Waals surface area contributed by atoms with E-state index in [0.29, 0.717) is 43.3 Å². The van der Waals surface area contributed by atoms with E-state index in [-0.39, 0.29) is 28.3 Å². The van der Waals surface area contributed by atoms with Crippen LogP contribution in [0.2, 0.25) is 0 Å². The Morgan fingerprint density at radius 2 is 1.80 bits per heavy atom. The van der Waals surface area contributed by atoms with E-state index in [9.17, 15) is 22.6 Å². The topological polar surface area (TPSA) is 113 Å². The van der Waals surface area contributed by atoms with Gasteiger partial charge in [0.05, 0.1) is 23.2 Å². The quantitative estimate of drug-likeness (QED) is 0.338. The van der Waals surface area contributed by atoms with Crippen molar-refractivity contribution < 1.29 is 32.0 Å². The van der Waals surface area contributed by atoms with E-state index in [1.807, 2.05) is 26.8 Å². The Hall–Kier alpha value is -2.95. The number of carbonyl (C=O) groups is 2. The van der Waals surface area contributed by atoms with Gasteiger partial charge in [-0.3, -0.25) is 14.2 Å². The number of likely N-dealkylation sites (tertiary alicyclic amines) is 1. The molecule has 40 heavy (non-hydrogen) atoms. The number of benzene rings is 2. The van der Waals surface area contributed by atoms with Crippen LogP contribution < -0.4 is 9.64 Å². The van der Waals surface area contributed by atoms with Gasteiger partial charge in [0, 0.05) is 30.8 Å². The van der Waals surface area contributed by atoms with Gasteiger partial charge in [0.2, 0.25) is 5.91 Å². The summed E-state index contributed by atoms with van der Waals surface area (Å²) >= 11 is 0. The largest absolute Gasteiger partial charge is 0.494 e. The van der Waals surface area contributed by atoms with Crippen LogP contribution in [0, 0.1) is 5.41 Å². The molecular formula is C30H38N2O7S. The minimum Gasteiger partial charge on any atom is -0.494 e. The lowest BCUT2D eigenvalue weighted by Crippen LogP contribution is -2.41. The van der Waals surface area contributed by atoms with Crippen LogP contribution in [-0.2, 0) is 26.2 Å². The second-order valence-electron chi connectivity index (χ2n) is 11.6. The van der Waals surface area contributed by atoms with Crippen molar-refractivity contribution in [3.8, 4) is 5.75 Å². The number of anilines is 1. The summed E-state index contributed by atoms with van der Waals surface area (Å²) in [6.45, 7) is 9.12. The maximum absolute atomic E-state index is 13.0. The number of amides is 1. The van der Waals surface area contributed by atoms with E-state index in [1.165, 1.54) is 12.1 Å². The Labute approximate surface area is 236 Å². The first-order chi connectivity index (χ1) is 19.0. The minimum absolute atomic E-state index is 0.0321. The van der Waals surface area contributed by atoms with Gasteiger partial charge < -0.3 is 14.4 Å². The molecule has 0 unspecified atom stereocenters. The molecule has 5 rings (SSSR count). The Morgan fingerprint density at radius 3 is 2.38 bits per heavy atom. The van der Waals surface area contributed by atoms with Crippen molar-refractivity contribution in [3.05, 3.63) is 53.1 Å². The Kier molecular flexibility index (Phi) is 7.96. The number of esters is 1. The van der Waals surface area contributed by atoms with E-state index in [4.69, 9.17) is 9.47 Å². The van der Waals surface area contributed by atoms with E-state index in [1.54, 1.807) is 17.0 Å². The second kappa shape index (κ2) is 11.1. The van der Waals surface area contributed by atoms with Crippen molar-refractivity contribution in [2.24, 2.45) is 5.41 Å². The summed E-state index contributed by atoms with van der Waals surface area (Å²) in [6, 6.07) is 9.80. The summed E-state index contributed by atoms with van der Waals surface area (Å²) in [6.07, 6.45) is 4.16. The smallest absolute Gasteiger partial charge is 0.338 e. The average Bonchev–Trinajstić information content (AvgIpc) is 3.69. The van der Waals surface area contributed by atoms with Crippen LogP contribution in [-0.4, -0.2) is 62.1 Å². The highest BCUT2D eigenvalue weighted by Crippen LogP contribution is 2.45. The van der Waals surface area contributed by atoms with Crippen LogP contribution >= 0.6 is 0 Å². The zero-order valence-corrected chi connectivity index (χ0v) is 24.2. The maximum atomic E-state index is 13.0. The summed E-state index contributed by atoms with van der Waals surface area (Å²) in [5.74, 6) is 0.839. The summed E-state index contributed by atoms with van der Waals surface area (Å²) < 4.78 is 43.5. The SMILES string of the molecule is CCOc1cc(C(=O)OC(C)C)c(C2CC2)cc1CN1CCC2(CC1)CC(=O)N(c1ccc(S(=O)(=O)O)cc1)C2. The number of hydrogen-bond acceptors (Lipinski definition) is 7. The zero-order valence-electron chi connectivity index (χ0n) is 23.4. The van der Waals surface area contributed by atoms with Crippen molar-refractivity contribution in [2.45, 2.75) is 76.3 Å². The molecule has 10 heteroatoms. The lowest BCUT2D eigenvalue weighted by Gasteiger charge is -2.39. The predicted molar refractivity (Wildman–Crippen MR) is 150 cm³/mol. The molecule has 0 bridgehead atoms. The van der Waals surface area contributed by atoms with Gasteiger partial charge in [0.15, 0.2) is 0 Å². The molecule has 2 aromatic carbocycles. The first-order valence-corrected chi connectivity index (χ1v) is 15.5. The monoisotopic (exact) mass is 570 g/mol. The van der Waals surface area contributed by atoms with Gasteiger partial charge in [-0.05, 0) is 113 Å². The number of carbonyl (C=O) groups excluding carboxylic acids is 2. The Morgan fingerprint density at radius 1 is 1.12 bits per heavy atom. The van der Waals surface area contributed by atoms with E-state index in [2.05, 4.69) is 11.0 Å². The predicted octanol–water partition coefficient (Wildman–Crippen LogP) is 4.79. The molecule has 9 nitrogen and oxygen atoms in total. The average molecular weight is 571 g/mol. The van der Waals surface area contributed by atoms with Gasteiger partial charge in [-0.25, -0.2) is 4.79 Å². The molecule has 1 spiro atoms. The summed E-state index contributed by atoms with van der Waals surface area (Å²) in [5, 5.41) is 0. The number of ether oxygens (including phenoxy) is 2. The number of hydrogen-bond donors (Lipinski definition) is 1. The van der Waals surface area contributed by atoms with E-state index >= 15 is 0 Å². The molecular weight excluding hydrogens is 532 g/mol. The lowest BCUT2D eigenvalue weighted by molar-refractivity contribution is -0.118. The molecule has 1 amide bonds. The van der Waals surface area contributed by atoms with Gasteiger partial charge in [-0.1, -0.05) is 0 Å². The minimum atomic E-state index is -4.28. The second-order valence-corrected chi connectivity index (χ2v) is 13.0. The van der Waals surface area contributed by atoms with Crippen molar-refractivity contribution in [2.75, 3.05) is 31.1 Å². The van der Waals surface area contributed by atoms with Gasteiger partial charge in [0.25, 0.3) is 10.1 Å². The molecule has 0 aromatic heterocycles. The molecule has 1 N–H and O–H groups in total. The fraction of sp³-hybridized carbons (Fsp3) is 0.533. The molecule has 3 fully saturated rings. The molecule has 2 aromatic rings. The van der Waals surface area contributed by atoms with Crippen LogP contribution in [0.3, 0.4) is 0 Å². The normalized spacial score (nSPS) is 19.4. The van der Waals surface area contributed by atoms with Gasteiger partial charge in [0.1, 0.15) is 5.75 Å². The first kappa shape index (κ1) is 28.6. The van der Waals surface area contributed by atoms with Gasteiger partial charge in [-0.2, -0.15) is 8.42 Å². The third-order valence-electron chi connectivity index (χ3n) is 8.19.